The first kappa shape index (κ1) is 65.1. The minimum Gasteiger partial charge on any atom is -0.480 e. The van der Waals surface area contributed by atoms with Gasteiger partial charge in [0.2, 0.25) is 65.0 Å². The average Bonchev–Trinajstić information content (AvgIpc) is 3.85. The maximum atomic E-state index is 13.8. The number of H-pyrrole nitrogens is 1. The zero-order valence-electron chi connectivity index (χ0n) is 42.7. The summed E-state index contributed by atoms with van der Waals surface area (Å²) in [4.78, 5) is 161. The van der Waals surface area contributed by atoms with Crippen molar-refractivity contribution >= 4 is 82.7 Å². The molecular formula is C44H74N14O15S. The Labute approximate surface area is 431 Å². The number of aromatic amines is 1. The fraction of sp³-hybridized carbons (Fsp3) is 0.659. The van der Waals surface area contributed by atoms with Gasteiger partial charge in [-0.15, -0.1) is 0 Å². The Kier molecular flexibility index (Phi) is 29.0. The first-order valence-electron chi connectivity index (χ1n) is 23.6. The number of primary amides is 1. The second-order valence-corrected chi connectivity index (χ2v) is 18.8. The molecule has 416 valence electrons. The summed E-state index contributed by atoms with van der Waals surface area (Å²) in [6.45, 7) is 8.58. The molecule has 1 heterocycles. The molecule has 74 heavy (non-hydrogen) atoms. The molecule has 0 aromatic carbocycles. The number of nitrogens with two attached hydrogens (primary N) is 2. The van der Waals surface area contributed by atoms with Gasteiger partial charge in [-0.05, 0) is 57.5 Å². The first-order valence-corrected chi connectivity index (χ1v) is 25.0. The molecule has 0 saturated heterocycles. The van der Waals surface area contributed by atoms with Crippen LogP contribution < -0.4 is 64.6 Å². The van der Waals surface area contributed by atoms with E-state index in [9.17, 15) is 67.7 Å². The van der Waals surface area contributed by atoms with E-state index in [1.807, 2.05) is 0 Å². The topological polar surface area (TPSA) is 467 Å². The summed E-state index contributed by atoms with van der Waals surface area (Å²) in [7, 11) is 0. The molecule has 0 aliphatic rings. The van der Waals surface area contributed by atoms with E-state index in [1.54, 1.807) is 34.0 Å². The SMILES string of the molecule is CC[C@H](C)[C@H](NC(=O)CNC(=O)[C@H](C)NC(=O)[C@H](C)NC(=O)[C@H](Cc1cnc[nH]1)NC(=O)[C@H](CC(N)=O)NC(=O)CNC(=O)[C@@H](N)CO)C(=O)N[C@@H](CC(C)C)C(=O)N[C@H](C(=O)N[C@@H](CCSC)C(=O)O)[C@@H](C)O. The number of hydrogen-bond acceptors (Lipinski definition) is 17. The Hall–Kier alpha value is -6.92. The van der Waals surface area contributed by atoms with Crippen molar-refractivity contribution in [3.8, 4) is 0 Å². The van der Waals surface area contributed by atoms with Gasteiger partial charge in [0, 0.05) is 18.3 Å². The van der Waals surface area contributed by atoms with Crippen LogP contribution in [-0.4, -0.2) is 188 Å². The van der Waals surface area contributed by atoms with E-state index < -0.39 is 163 Å². The number of carbonyl (C=O) groups excluding carboxylic acids is 11. The molecule has 1 aromatic heterocycles. The third kappa shape index (κ3) is 23.7. The molecule has 0 aliphatic heterocycles. The number of imidazole rings is 1. The molecule has 11 amide bonds. The highest BCUT2D eigenvalue weighted by atomic mass is 32.2. The van der Waals surface area contributed by atoms with Gasteiger partial charge in [0.05, 0.1) is 38.5 Å². The Morgan fingerprint density at radius 3 is 1.72 bits per heavy atom. The Bertz CT molecular complexity index is 2100. The maximum absolute atomic E-state index is 13.8. The molecule has 0 bridgehead atoms. The molecule has 1 rings (SSSR count). The summed E-state index contributed by atoms with van der Waals surface area (Å²) in [6.07, 6.45) is 2.44. The number of aliphatic hydroxyl groups is 2. The van der Waals surface area contributed by atoms with Crippen LogP contribution in [0.5, 0.6) is 0 Å². The summed E-state index contributed by atoms with van der Waals surface area (Å²) < 4.78 is 0. The number of carboxylic acids is 1. The van der Waals surface area contributed by atoms with Gasteiger partial charge in [-0.3, -0.25) is 52.7 Å². The normalized spacial score (nSPS) is 15.5. The second kappa shape index (κ2) is 33.0. The lowest BCUT2D eigenvalue weighted by Gasteiger charge is -2.29. The molecular weight excluding hydrogens is 997 g/mol. The lowest BCUT2D eigenvalue weighted by atomic mass is 9.96. The van der Waals surface area contributed by atoms with Gasteiger partial charge in [-0.1, -0.05) is 34.1 Å². The van der Waals surface area contributed by atoms with Crippen LogP contribution in [0.3, 0.4) is 0 Å². The van der Waals surface area contributed by atoms with Crippen molar-refractivity contribution in [2.75, 3.05) is 31.7 Å². The van der Waals surface area contributed by atoms with Gasteiger partial charge in [-0.2, -0.15) is 11.8 Å². The van der Waals surface area contributed by atoms with Crippen LogP contribution in [0.2, 0.25) is 0 Å². The summed E-state index contributed by atoms with van der Waals surface area (Å²) in [5.74, 6) is -11.6. The Balaban J connectivity index is 3.03. The summed E-state index contributed by atoms with van der Waals surface area (Å²) in [6, 6.07) is -12.5. The zero-order chi connectivity index (χ0) is 56.4. The summed E-state index contributed by atoms with van der Waals surface area (Å²) in [5, 5.41) is 52.8. The molecule has 0 radical (unpaired) electrons. The van der Waals surface area contributed by atoms with Gasteiger partial charge in [0.15, 0.2) is 0 Å². The monoisotopic (exact) mass is 1070 g/mol. The minimum absolute atomic E-state index is 0.0527. The van der Waals surface area contributed by atoms with Crippen LogP contribution in [0.15, 0.2) is 12.5 Å². The minimum atomic E-state index is -1.64. The van der Waals surface area contributed by atoms with Crippen molar-refractivity contribution in [3.63, 3.8) is 0 Å². The van der Waals surface area contributed by atoms with E-state index in [-0.39, 0.29) is 25.2 Å². The van der Waals surface area contributed by atoms with Crippen LogP contribution in [0, 0.1) is 11.8 Å². The lowest BCUT2D eigenvalue weighted by molar-refractivity contribution is -0.143. The zero-order valence-corrected chi connectivity index (χ0v) is 43.5. The molecule has 0 spiro atoms. The van der Waals surface area contributed by atoms with Crippen LogP contribution in [0.4, 0.5) is 0 Å². The van der Waals surface area contributed by atoms with Crippen molar-refractivity contribution in [2.24, 2.45) is 23.3 Å². The van der Waals surface area contributed by atoms with Crippen LogP contribution in [0.25, 0.3) is 0 Å². The number of nitrogens with zero attached hydrogens (tertiary/aromatic N) is 1. The summed E-state index contributed by atoms with van der Waals surface area (Å²) >= 11 is 1.36. The Morgan fingerprint density at radius 2 is 1.19 bits per heavy atom. The molecule has 0 fully saturated rings. The fourth-order valence-corrected chi connectivity index (χ4v) is 7.01. The van der Waals surface area contributed by atoms with Crippen molar-refractivity contribution in [1.82, 2.24) is 63.1 Å². The van der Waals surface area contributed by atoms with Crippen LogP contribution >= 0.6 is 11.8 Å². The number of carboxylic acid groups (broad SMARTS) is 1. The molecule has 0 unspecified atom stereocenters. The van der Waals surface area contributed by atoms with E-state index in [2.05, 4.69) is 63.1 Å². The second-order valence-electron chi connectivity index (χ2n) is 17.8. The summed E-state index contributed by atoms with van der Waals surface area (Å²) in [5.41, 5.74) is 11.0. The molecule has 18 N–H and O–H groups in total. The molecule has 29 nitrogen and oxygen atoms in total. The van der Waals surface area contributed by atoms with Crippen LogP contribution in [0.1, 0.15) is 79.8 Å². The van der Waals surface area contributed by atoms with E-state index in [0.717, 1.165) is 0 Å². The number of amides is 11. The highest BCUT2D eigenvalue weighted by molar-refractivity contribution is 7.98. The van der Waals surface area contributed by atoms with Crippen molar-refractivity contribution < 1.29 is 72.9 Å². The van der Waals surface area contributed by atoms with Gasteiger partial charge in [-0.25, -0.2) is 9.78 Å². The molecule has 0 saturated carbocycles. The predicted molar refractivity (Wildman–Crippen MR) is 265 cm³/mol. The van der Waals surface area contributed by atoms with Gasteiger partial charge >= 0.3 is 5.97 Å². The fourth-order valence-electron chi connectivity index (χ4n) is 6.54. The number of aromatic nitrogens is 2. The largest absolute Gasteiger partial charge is 0.480 e. The number of aliphatic carboxylic acids is 1. The number of nitrogens with one attached hydrogen (secondary N) is 11. The van der Waals surface area contributed by atoms with Crippen molar-refractivity contribution in [3.05, 3.63) is 18.2 Å². The van der Waals surface area contributed by atoms with Gasteiger partial charge < -0.3 is 84.9 Å². The first-order chi connectivity index (χ1) is 34.6. The number of thioether (sulfide) groups is 1. The number of rotatable bonds is 34. The average molecular weight is 1070 g/mol. The van der Waals surface area contributed by atoms with Gasteiger partial charge in [0.25, 0.3) is 0 Å². The maximum Gasteiger partial charge on any atom is 0.326 e. The highest BCUT2D eigenvalue weighted by Gasteiger charge is 2.36. The number of carbonyl (C=O) groups is 12. The van der Waals surface area contributed by atoms with E-state index in [4.69, 9.17) is 16.6 Å². The molecule has 1 aromatic rings. The number of hydrogen-bond donors (Lipinski definition) is 16. The van der Waals surface area contributed by atoms with Gasteiger partial charge in [0.1, 0.15) is 54.4 Å². The van der Waals surface area contributed by atoms with E-state index in [0.29, 0.717) is 17.9 Å². The Morgan fingerprint density at radius 1 is 0.662 bits per heavy atom. The predicted octanol–water partition coefficient (Wildman–Crippen LogP) is -6.39. The quantitative estimate of drug-likeness (QED) is 0.0305. The molecule has 30 heteroatoms. The van der Waals surface area contributed by atoms with E-state index in [1.165, 1.54) is 45.1 Å². The highest BCUT2D eigenvalue weighted by Crippen LogP contribution is 2.12. The third-order valence-corrected chi connectivity index (χ3v) is 11.6. The third-order valence-electron chi connectivity index (χ3n) is 11.0. The standard InChI is InChI=1S/C44H74N14O15S/c1-9-21(4)34(42(70)56-28(12-20(2)3)41(69)58-35(24(7)60)43(71)54-27(44(72)73)10-11-74-8)57-33(63)17-48-36(64)22(5)51-37(65)23(6)52-39(67)29(13-25-15-47-19-50-25)55-40(68)30(14-31(46)61)53-32(62)16-49-38(66)26(45)18-59/h15,19-24,26-30,34-35,59-60H,9-14,16-18,45H2,1-8H3,(H2,46,61)(H,47,50)(H,48,64)(H,49,66)(H,51,65)(H,52,67)(H,53,62)(H,54,71)(H,55,68)(H,56,70)(H,57,63)(H,58,69)(H,72,73)/t21-,22-,23-,24+,26-,27-,28-,29-,30-,34-,35-/m0/s1. The van der Waals surface area contributed by atoms with E-state index >= 15 is 0 Å². The van der Waals surface area contributed by atoms with Crippen molar-refractivity contribution in [1.29, 1.82) is 0 Å². The smallest absolute Gasteiger partial charge is 0.326 e. The number of aliphatic hydroxyl groups excluding tert-OH is 2. The molecule has 0 aliphatic carbocycles. The lowest BCUT2D eigenvalue weighted by Crippen LogP contribution is -2.61. The van der Waals surface area contributed by atoms with Crippen molar-refractivity contribution in [2.45, 2.75) is 141 Å². The van der Waals surface area contributed by atoms with Crippen LogP contribution in [-0.2, 0) is 64.0 Å². The molecule has 11 atom stereocenters.